The van der Waals surface area contributed by atoms with Crippen molar-refractivity contribution in [1.29, 1.82) is 0 Å². The number of piperidine rings is 1. The molecule has 21 heavy (non-hydrogen) atoms. The van der Waals surface area contributed by atoms with Crippen LogP contribution in [0, 0.1) is 5.92 Å². The molecule has 1 aliphatic rings. The van der Waals surface area contributed by atoms with Gasteiger partial charge in [-0.25, -0.2) is 0 Å². The molecule has 2 atom stereocenters. The lowest BCUT2D eigenvalue weighted by molar-refractivity contribution is -0.122. The fraction of sp³-hybridized carbons (Fsp3) is 0.588. The zero-order valence-electron chi connectivity index (χ0n) is 12.9. The Hall–Kier alpha value is -1.39. The second-order valence-corrected chi connectivity index (χ2v) is 6.55. The number of hydrogen-bond acceptors (Lipinski definition) is 3. The Labute approximate surface area is 126 Å². The lowest BCUT2D eigenvalue weighted by atomic mass is 9.81. The van der Waals surface area contributed by atoms with Gasteiger partial charge in [0.05, 0.1) is 6.10 Å². The van der Waals surface area contributed by atoms with E-state index in [1.54, 1.807) is 0 Å². The molecule has 2 rings (SSSR count). The lowest BCUT2D eigenvalue weighted by Crippen LogP contribution is -2.46. The number of carbonyl (C=O) groups excluding carboxylic acids is 1. The molecule has 1 aromatic carbocycles. The van der Waals surface area contributed by atoms with E-state index in [4.69, 9.17) is 0 Å². The topological polar surface area (TPSA) is 61.4 Å². The summed E-state index contributed by atoms with van der Waals surface area (Å²) in [7, 11) is 0. The van der Waals surface area contributed by atoms with Crippen molar-refractivity contribution >= 4 is 5.91 Å². The van der Waals surface area contributed by atoms with E-state index in [0.29, 0.717) is 19.5 Å². The minimum absolute atomic E-state index is 0.0505. The summed E-state index contributed by atoms with van der Waals surface area (Å²) < 4.78 is 0. The minimum Gasteiger partial charge on any atom is -0.391 e. The third-order valence-electron chi connectivity index (χ3n) is 4.31. The van der Waals surface area contributed by atoms with Crippen LogP contribution in [0.15, 0.2) is 30.3 Å². The average molecular weight is 290 g/mol. The second-order valence-electron chi connectivity index (χ2n) is 6.55. The number of nitrogens with one attached hydrogen (secondary N) is 2. The van der Waals surface area contributed by atoms with E-state index in [2.05, 4.69) is 36.6 Å². The number of amides is 1. The first kappa shape index (κ1) is 16.0. The molecule has 116 valence electrons. The van der Waals surface area contributed by atoms with Crippen LogP contribution < -0.4 is 10.6 Å². The van der Waals surface area contributed by atoms with E-state index < -0.39 is 0 Å². The third-order valence-corrected chi connectivity index (χ3v) is 4.31. The van der Waals surface area contributed by atoms with Crippen LogP contribution in [-0.2, 0) is 10.2 Å². The van der Waals surface area contributed by atoms with Gasteiger partial charge in [0.25, 0.3) is 0 Å². The molecule has 0 saturated carbocycles. The number of carbonyl (C=O) groups is 1. The standard InChI is InChI=1S/C17H26N2O2/c1-17(2,14-6-4-3-5-7-14)10-16(21)19-11-13-8-9-18-12-15(13)20/h3-7,13,15,18,20H,8-12H2,1-2H3,(H,19,21)/t13-,15+/m0/s1. The highest BCUT2D eigenvalue weighted by atomic mass is 16.3. The van der Waals surface area contributed by atoms with Crippen molar-refractivity contribution < 1.29 is 9.90 Å². The summed E-state index contributed by atoms with van der Waals surface area (Å²) in [4.78, 5) is 12.2. The Balaban J connectivity index is 1.84. The predicted molar refractivity (Wildman–Crippen MR) is 84.1 cm³/mol. The molecule has 0 spiro atoms. The van der Waals surface area contributed by atoms with Gasteiger partial charge in [-0.3, -0.25) is 4.79 Å². The molecule has 0 unspecified atom stereocenters. The molecule has 4 nitrogen and oxygen atoms in total. The van der Waals surface area contributed by atoms with Crippen molar-refractivity contribution in [2.45, 2.75) is 38.2 Å². The molecule has 1 fully saturated rings. The quantitative estimate of drug-likeness (QED) is 0.769. The highest BCUT2D eigenvalue weighted by molar-refractivity contribution is 5.77. The lowest BCUT2D eigenvalue weighted by Gasteiger charge is -2.29. The fourth-order valence-electron chi connectivity index (χ4n) is 2.83. The maximum atomic E-state index is 12.2. The summed E-state index contributed by atoms with van der Waals surface area (Å²) in [6.07, 6.45) is 1.00. The summed E-state index contributed by atoms with van der Waals surface area (Å²) in [5.74, 6) is 0.213. The highest BCUT2D eigenvalue weighted by Gasteiger charge is 2.26. The average Bonchev–Trinajstić information content (AvgIpc) is 2.47. The van der Waals surface area contributed by atoms with E-state index in [1.165, 1.54) is 5.56 Å². The molecule has 1 heterocycles. The van der Waals surface area contributed by atoms with Crippen LogP contribution in [0.25, 0.3) is 0 Å². The summed E-state index contributed by atoms with van der Waals surface area (Å²) >= 11 is 0. The van der Waals surface area contributed by atoms with E-state index in [9.17, 15) is 9.90 Å². The number of rotatable bonds is 5. The Bertz CT molecular complexity index is 459. The predicted octanol–water partition coefficient (Wildman–Crippen LogP) is 1.44. The Kier molecular flexibility index (Phi) is 5.37. The summed E-state index contributed by atoms with van der Waals surface area (Å²) in [5.41, 5.74) is 0.986. The molecule has 1 aromatic rings. The van der Waals surface area contributed by atoms with Crippen LogP contribution in [0.3, 0.4) is 0 Å². The zero-order valence-corrected chi connectivity index (χ0v) is 12.9. The van der Waals surface area contributed by atoms with Crippen molar-refractivity contribution in [3.8, 4) is 0 Å². The first-order valence-corrected chi connectivity index (χ1v) is 7.70. The van der Waals surface area contributed by atoms with Gasteiger partial charge in [0.1, 0.15) is 0 Å². The molecule has 1 saturated heterocycles. The van der Waals surface area contributed by atoms with Gasteiger partial charge in [-0.05, 0) is 23.9 Å². The molecule has 1 aliphatic heterocycles. The Morgan fingerprint density at radius 1 is 1.38 bits per heavy atom. The fourth-order valence-corrected chi connectivity index (χ4v) is 2.83. The zero-order chi connectivity index (χ0) is 15.3. The molecule has 0 aromatic heterocycles. The van der Waals surface area contributed by atoms with Crippen molar-refractivity contribution in [1.82, 2.24) is 10.6 Å². The van der Waals surface area contributed by atoms with Gasteiger partial charge in [-0.1, -0.05) is 44.2 Å². The maximum absolute atomic E-state index is 12.2. The normalized spacial score (nSPS) is 22.8. The summed E-state index contributed by atoms with van der Waals surface area (Å²) in [6, 6.07) is 10.1. The number of aliphatic hydroxyl groups is 1. The van der Waals surface area contributed by atoms with Gasteiger partial charge < -0.3 is 15.7 Å². The van der Waals surface area contributed by atoms with Gasteiger partial charge in [0.2, 0.25) is 5.91 Å². The van der Waals surface area contributed by atoms with E-state index in [1.807, 2.05) is 18.2 Å². The molecule has 0 bridgehead atoms. The smallest absolute Gasteiger partial charge is 0.220 e. The molecule has 4 heteroatoms. The Morgan fingerprint density at radius 2 is 2.10 bits per heavy atom. The Morgan fingerprint density at radius 3 is 2.76 bits per heavy atom. The highest BCUT2D eigenvalue weighted by Crippen LogP contribution is 2.26. The molecule has 0 aliphatic carbocycles. The van der Waals surface area contributed by atoms with Gasteiger partial charge in [0.15, 0.2) is 0 Å². The van der Waals surface area contributed by atoms with E-state index in [0.717, 1.165) is 13.0 Å². The molecular formula is C17H26N2O2. The largest absolute Gasteiger partial charge is 0.391 e. The number of aliphatic hydroxyl groups excluding tert-OH is 1. The first-order chi connectivity index (χ1) is 9.99. The second kappa shape index (κ2) is 7.05. The van der Waals surface area contributed by atoms with Gasteiger partial charge in [-0.2, -0.15) is 0 Å². The van der Waals surface area contributed by atoms with E-state index >= 15 is 0 Å². The van der Waals surface area contributed by atoms with Gasteiger partial charge in [0, 0.05) is 25.4 Å². The van der Waals surface area contributed by atoms with Crippen LogP contribution in [0.4, 0.5) is 0 Å². The van der Waals surface area contributed by atoms with Gasteiger partial charge in [-0.15, -0.1) is 0 Å². The van der Waals surface area contributed by atoms with Crippen molar-refractivity contribution in [2.24, 2.45) is 5.92 Å². The number of β-amino-alcohol motifs (C(OH)–C–C–N with tert-alkyl or cyclic N) is 1. The van der Waals surface area contributed by atoms with Crippen molar-refractivity contribution in [2.75, 3.05) is 19.6 Å². The molecule has 3 N–H and O–H groups in total. The monoisotopic (exact) mass is 290 g/mol. The van der Waals surface area contributed by atoms with Crippen LogP contribution in [-0.4, -0.2) is 36.8 Å². The van der Waals surface area contributed by atoms with Crippen LogP contribution in [0.5, 0.6) is 0 Å². The maximum Gasteiger partial charge on any atom is 0.220 e. The molecule has 1 amide bonds. The van der Waals surface area contributed by atoms with Crippen molar-refractivity contribution in [3.05, 3.63) is 35.9 Å². The molecular weight excluding hydrogens is 264 g/mol. The van der Waals surface area contributed by atoms with Crippen LogP contribution in [0.2, 0.25) is 0 Å². The summed E-state index contributed by atoms with van der Waals surface area (Å²) in [6.45, 7) is 6.26. The van der Waals surface area contributed by atoms with E-state index in [-0.39, 0.29) is 23.3 Å². The van der Waals surface area contributed by atoms with Crippen LogP contribution in [0.1, 0.15) is 32.3 Å². The number of hydrogen-bond donors (Lipinski definition) is 3. The third kappa shape index (κ3) is 4.55. The van der Waals surface area contributed by atoms with Gasteiger partial charge >= 0.3 is 0 Å². The van der Waals surface area contributed by atoms with Crippen LogP contribution >= 0.6 is 0 Å². The minimum atomic E-state index is -0.360. The molecule has 0 radical (unpaired) electrons. The summed E-state index contributed by atoms with van der Waals surface area (Å²) in [5, 5.41) is 16.0. The van der Waals surface area contributed by atoms with Crippen molar-refractivity contribution in [3.63, 3.8) is 0 Å². The SMILES string of the molecule is CC(C)(CC(=O)NC[C@@H]1CCNC[C@H]1O)c1ccccc1. The number of benzene rings is 1. The first-order valence-electron chi connectivity index (χ1n) is 7.70.